The van der Waals surface area contributed by atoms with Gasteiger partial charge in [-0.15, -0.1) is 0 Å². The van der Waals surface area contributed by atoms with E-state index in [-0.39, 0.29) is 10.9 Å². The summed E-state index contributed by atoms with van der Waals surface area (Å²) in [4.78, 5) is 12.2. The average molecular weight is 315 g/mol. The summed E-state index contributed by atoms with van der Waals surface area (Å²) in [7, 11) is -0.535. The fourth-order valence-electron chi connectivity index (χ4n) is 1.62. The maximum absolute atomic E-state index is 12.2. The number of para-hydroxylation sites is 1. The van der Waals surface area contributed by atoms with Crippen LogP contribution in [-0.4, -0.2) is 21.3 Å². The van der Waals surface area contributed by atoms with Crippen LogP contribution in [0.3, 0.4) is 0 Å². The van der Waals surface area contributed by atoms with E-state index in [2.05, 4.69) is 39.2 Å². The van der Waals surface area contributed by atoms with Crippen molar-refractivity contribution in [2.45, 2.75) is 38.9 Å². The summed E-state index contributed by atoms with van der Waals surface area (Å²) >= 11 is 0. The molecular formula is C16H22BNO3Si. The third-order valence-corrected chi connectivity index (χ3v) is 8.36. The molecule has 1 aromatic heterocycles. The van der Waals surface area contributed by atoms with Crippen LogP contribution in [0.25, 0.3) is 0 Å². The van der Waals surface area contributed by atoms with Gasteiger partial charge in [-0.25, -0.2) is 0 Å². The molecule has 2 aromatic rings. The van der Waals surface area contributed by atoms with Gasteiger partial charge in [-0.3, -0.25) is 0 Å². The quantitative estimate of drug-likeness (QED) is 0.858. The summed E-state index contributed by atoms with van der Waals surface area (Å²) in [5, 5.41) is 2.90. The van der Waals surface area contributed by atoms with Gasteiger partial charge in [0.05, 0.1) is 0 Å². The standard InChI is InChI=1S/C16H22BNO3Si/c1-16(2,3)22(4,5)21-14-11-13(17-20-14)15(19)18-12-9-7-6-8-10-12/h6-11H,1-5H3,(H,18,19). The second-order valence-electron chi connectivity index (χ2n) is 6.84. The van der Waals surface area contributed by atoms with Crippen LogP contribution in [-0.2, 0) is 0 Å². The summed E-state index contributed by atoms with van der Waals surface area (Å²) in [5.74, 6) is 0.199. The van der Waals surface area contributed by atoms with E-state index in [9.17, 15) is 4.79 Å². The Kier molecular flexibility index (Phi) is 4.61. The van der Waals surface area contributed by atoms with Crippen molar-refractivity contribution in [3.63, 3.8) is 0 Å². The van der Waals surface area contributed by atoms with Crippen molar-refractivity contribution in [2.75, 3.05) is 5.32 Å². The van der Waals surface area contributed by atoms with Gasteiger partial charge in [0.2, 0.25) is 0 Å². The number of carbonyl (C=O) groups excluding carboxylic acids is 1. The molecule has 1 heterocycles. The van der Waals surface area contributed by atoms with Gasteiger partial charge in [-0.1, -0.05) is 0 Å². The predicted octanol–water partition coefficient (Wildman–Crippen LogP) is 4.25. The van der Waals surface area contributed by atoms with Gasteiger partial charge in [0.15, 0.2) is 0 Å². The Labute approximate surface area is 133 Å². The van der Waals surface area contributed by atoms with E-state index in [1.54, 1.807) is 6.07 Å². The van der Waals surface area contributed by atoms with Crippen LogP contribution < -0.4 is 9.74 Å². The van der Waals surface area contributed by atoms with Gasteiger partial charge >= 0.3 is 133 Å². The minimum atomic E-state index is -1.97. The molecule has 0 saturated carbocycles. The summed E-state index contributed by atoms with van der Waals surface area (Å²) in [6.45, 7) is 10.8. The molecule has 2 rings (SSSR count). The van der Waals surface area contributed by atoms with Gasteiger partial charge in [-0.05, 0) is 0 Å². The number of nitrogens with one attached hydrogen (secondary N) is 1. The number of hydrogen-bond donors (Lipinski definition) is 1. The molecule has 0 fully saturated rings. The molecule has 0 aliphatic heterocycles. The first kappa shape index (κ1) is 16.6. The van der Waals surface area contributed by atoms with Gasteiger partial charge in [0.25, 0.3) is 0 Å². The zero-order valence-corrected chi connectivity index (χ0v) is 14.8. The van der Waals surface area contributed by atoms with Crippen molar-refractivity contribution in [2.24, 2.45) is 0 Å². The van der Waals surface area contributed by atoms with Crippen LogP contribution >= 0.6 is 0 Å². The van der Waals surface area contributed by atoms with E-state index in [4.69, 9.17) is 8.76 Å². The summed E-state index contributed by atoms with van der Waals surface area (Å²) in [5.41, 5.74) is 1.21. The zero-order valence-electron chi connectivity index (χ0n) is 13.8. The van der Waals surface area contributed by atoms with Crippen LogP contribution in [0.2, 0.25) is 18.1 Å². The molecule has 1 aromatic carbocycles. The van der Waals surface area contributed by atoms with E-state index in [1.807, 2.05) is 30.3 Å². The van der Waals surface area contributed by atoms with Crippen molar-refractivity contribution < 1.29 is 13.6 Å². The SMILES string of the molecule is CC(C)(C)[Si](C)(C)Oc1cc(C(=O)Nc2ccccc2)bo1. The number of amides is 1. The van der Waals surface area contributed by atoms with Crippen molar-refractivity contribution in [3.8, 4) is 5.95 Å². The van der Waals surface area contributed by atoms with E-state index < -0.39 is 8.32 Å². The summed E-state index contributed by atoms with van der Waals surface area (Å²) < 4.78 is 11.4. The number of benzene rings is 1. The number of hydrogen-bond acceptors (Lipinski definition) is 3. The second kappa shape index (κ2) is 6.12. The van der Waals surface area contributed by atoms with Gasteiger partial charge in [0.1, 0.15) is 0 Å². The zero-order chi connectivity index (χ0) is 16.4. The molecule has 0 radical (unpaired) electrons. The molecule has 0 bridgehead atoms. The number of anilines is 1. The third-order valence-electron chi connectivity index (χ3n) is 4.03. The fourth-order valence-corrected chi connectivity index (χ4v) is 2.53. The Morgan fingerprint density at radius 3 is 2.45 bits per heavy atom. The molecule has 4 nitrogen and oxygen atoms in total. The van der Waals surface area contributed by atoms with Crippen LogP contribution in [0.15, 0.2) is 40.7 Å². The second-order valence-corrected chi connectivity index (χ2v) is 11.6. The first-order valence-corrected chi connectivity index (χ1v) is 10.2. The Bertz CT molecular complexity index is 647. The van der Waals surface area contributed by atoms with E-state index in [0.29, 0.717) is 11.4 Å². The van der Waals surface area contributed by atoms with Crippen LogP contribution in [0.5, 0.6) is 5.95 Å². The first-order valence-electron chi connectivity index (χ1n) is 7.33. The first-order chi connectivity index (χ1) is 10.2. The van der Waals surface area contributed by atoms with Crippen LogP contribution in [0.4, 0.5) is 5.69 Å². The molecule has 0 atom stereocenters. The number of carbonyl (C=O) groups is 1. The summed E-state index contributed by atoms with van der Waals surface area (Å²) in [6.07, 6.45) is 0. The van der Waals surface area contributed by atoms with Crippen molar-refractivity contribution in [1.29, 1.82) is 0 Å². The van der Waals surface area contributed by atoms with Gasteiger partial charge in [0, 0.05) is 0 Å². The van der Waals surface area contributed by atoms with Crippen molar-refractivity contribution in [3.05, 3.63) is 41.9 Å². The Morgan fingerprint density at radius 1 is 1.23 bits per heavy atom. The monoisotopic (exact) mass is 315 g/mol. The van der Waals surface area contributed by atoms with Gasteiger partial charge in [-0.2, -0.15) is 0 Å². The van der Waals surface area contributed by atoms with Crippen LogP contribution in [0, 0.1) is 0 Å². The van der Waals surface area contributed by atoms with E-state index >= 15 is 0 Å². The summed E-state index contributed by atoms with van der Waals surface area (Å²) in [6, 6.07) is 11.0. The van der Waals surface area contributed by atoms with E-state index in [1.165, 1.54) is 7.13 Å². The third kappa shape index (κ3) is 3.88. The fraction of sp³-hybridized carbons (Fsp3) is 0.375. The van der Waals surface area contributed by atoms with Crippen LogP contribution in [0.1, 0.15) is 31.0 Å². The Morgan fingerprint density at radius 2 is 1.86 bits per heavy atom. The maximum atomic E-state index is 12.2. The van der Waals surface area contributed by atoms with Crippen molar-refractivity contribution in [1.82, 2.24) is 0 Å². The molecule has 6 heteroatoms. The molecule has 0 saturated heterocycles. The molecule has 0 spiro atoms. The number of rotatable bonds is 4. The normalized spacial score (nSPS) is 11.9. The Hall–Kier alpha value is -1.82. The Balaban J connectivity index is 2.07. The molecule has 0 unspecified atom stereocenters. The molecule has 22 heavy (non-hydrogen) atoms. The van der Waals surface area contributed by atoms with Crippen molar-refractivity contribution >= 4 is 27.0 Å². The average Bonchev–Trinajstić information content (AvgIpc) is 2.86. The minimum absolute atomic E-state index is 0.0756. The van der Waals surface area contributed by atoms with Gasteiger partial charge < -0.3 is 0 Å². The molecular weight excluding hydrogens is 293 g/mol. The molecule has 1 N–H and O–H groups in total. The molecule has 0 aliphatic carbocycles. The molecule has 116 valence electrons. The predicted molar refractivity (Wildman–Crippen MR) is 92.3 cm³/mol. The topological polar surface area (TPSA) is 51.5 Å². The molecule has 1 amide bonds. The van der Waals surface area contributed by atoms with E-state index in [0.717, 1.165) is 5.69 Å². The molecule has 0 aliphatic rings.